The monoisotopic (exact) mass is 204 g/mol. The molecule has 15 heavy (non-hydrogen) atoms. The summed E-state index contributed by atoms with van der Waals surface area (Å²) in [7, 11) is 2.23. The third-order valence-corrected chi connectivity index (χ3v) is 3.26. The van der Waals surface area contributed by atoms with Crippen molar-refractivity contribution in [3.05, 3.63) is 36.5 Å². The Hall–Kier alpha value is -0.715. The van der Waals surface area contributed by atoms with Crippen LogP contribution in [-0.2, 0) is 0 Å². The molecule has 0 aromatic heterocycles. The second kappa shape index (κ2) is 7.56. The smallest absolute Gasteiger partial charge is 0.0998 e. The highest BCUT2D eigenvalue weighted by Gasteiger charge is 2.16. The summed E-state index contributed by atoms with van der Waals surface area (Å²) < 4.78 is 0. The van der Waals surface area contributed by atoms with Crippen LogP contribution in [0.15, 0.2) is 36.5 Å². The number of hydrogen-bond donors (Lipinski definition) is 0. The third-order valence-electron chi connectivity index (χ3n) is 3.26. The molecule has 0 aliphatic heterocycles. The van der Waals surface area contributed by atoms with Gasteiger partial charge in [-0.2, -0.15) is 0 Å². The SMILES string of the molecule is BCCC/C(=C\C=C)[C@H](C)C(C)C(=C)C. The van der Waals surface area contributed by atoms with Gasteiger partial charge >= 0.3 is 0 Å². The summed E-state index contributed by atoms with van der Waals surface area (Å²) in [5.41, 5.74) is 2.79. The summed E-state index contributed by atoms with van der Waals surface area (Å²) in [6, 6.07) is 0. The molecule has 0 bridgehead atoms. The minimum absolute atomic E-state index is 0.563. The van der Waals surface area contributed by atoms with E-state index in [1.165, 1.54) is 30.3 Å². The van der Waals surface area contributed by atoms with Crippen LogP contribution in [0.5, 0.6) is 0 Å². The van der Waals surface area contributed by atoms with Gasteiger partial charge in [0.2, 0.25) is 0 Å². The molecular weight excluding hydrogens is 179 g/mol. The molecule has 2 atom stereocenters. The molecule has 0 N–H and O–H groups in total. The zero-order chi connectivity index (χ0) is 11.8. The lowest BCUT2D eigenvalue weighted by molar-refractivity contribution is 0.488. The molecule has 0 aliphatic rings. The van der Waals surface area contributed by atoms with Gasteiger partial charge in [-0.05, 0) is 25.2 Å². The molecule has 1 unspecified atom stereocenters. The maximum absolute atomic E-state index is 4.05. The Morgan fingerprint density at radius 2 is 1.93 bits per heavy atom. The second-order valence-corrected chi connectivity index (χ2v) is 4.50. The van der Waals surface area contributed by atoms with E-state index in [2.05, 4.69) is 47.9 Å². The van der Waals surface area contributed by atoms with Crippen molar-refractivity contribution in [2.24, 2.45) is 11.8 Å². The average Bonchev–Trinajstić information content (AvgIpc) is 2.22. The molecule has 0 rings (SSSR count). The van der Waals surface area contributed by atoms with Crippen molar-refractivity contribution < 1.29 is 0 Å². The van der Waals surface area contributed by atoms with Crippen LogP contribution in [0.1, 0.15) is 33.6 Å². The van der Waals surface area contributed by atoms with Crippen LogP contribution in [0.4, 0.5) is 0 Å². The van der Waals surface area contributed by atoms with Crippen molar-refractivity contribution in [2.45, 2.75) is 39.9 Å². The van der Waals surface area contributed by atoms with Gasteiger partial charge in [0.1, 0.15) is 7.85 Å². The number of hydrogen-bond acceptors (Lipinski definition) is 0. The molecule has 84 valence electrons. The zero-order valence-electron chi connectivity index (χ0n) is 10.8. The van der Waals surface area contributed by atoms with Gasteiger partial charge < -0.3 is 0 Å². The summed E-state index contributed by atoms with van der Waals surface area (Å²) in [4.78, 5) is 0. The molecule has 0 spiro atoms. The Morgan fingerprint density at radius 3 is 2.33 bits per heavy atom. The first kappa shape index (κ1) is 14.3. The van der Waals surface area contributed by atoms with Crippen molar-refractivity contribution in [3.63, 3.8) is 0 Å². The normalized spacial score (nSPS) is 15.8. The van der Waals surface area contributed by atoms with Crippen LogP contribution < -0.4 is 0 Å². The van der Waals surface area contributed by atoms with Crippen LogP contribution in [-0.4, -0.2) is 7.85 Å². The van der Waals surface area contributed by atoms with Gasteiger partial charge in [0.25, 0.3) is 0 Å². The largest absolute Gasteiger partial charge is 0.101 e. The van der Waals surface area contributed by atoms with Gasteiger partial charge in [0.05, 0.1) is 0 Å². The van der Waals surface area contributed by atoms with E-state index in [-0.39, 0.29) is 0 Å². The Bertz CT molecular complexity index is 238. The summed E-state index contributed by atoms with van der Waals surface area (Å²) in [5.74, 6) is 1.15. The first-order chi connectivity index (χ1) is 7.04. The van der Waals surface area contributed by atoms with Gasteiger partial charge in [-0.1, -0.05) is 63.0 Å². The molecule has 0 saturated heterocycles. The standard InChI is InChI=1S/C14H25B/c1-6-8-14(9-7-10-15)13(5)12(4)11(2)3/h6,8,12-13H,1-2,7,9-10,15H2,3-5H3/b14-8+/t12?,13-/m1/s1. The minimum Gasteiger partial charge on any atom is -0.0998 e. The molecule has 0 nitrogen and oxygen atoms in total. The van der Waals surface area contributed by atoms with E-state index in [0.717, 1.165) is 0 Å². The van der Waals surface area contributed by atoms with Crippen LogP contribution in [0.2, 0.25) is 6.32 Å². The molecule has 0 aromatic carbocycles. The van der Waals surface area contributed by atoms with E-state index in [1.54, 1.807) is 0 Å². The first-order valence-corrected chi connectivity index (χ1v) is 6.01. The van der Waals surface area contributed by atoms with E-state index in [9.17, 15) is 0 Å². The van der Waals surface area contributed by atoms with Crippen LogP contribution in [0, 0.1) is 11.8 Å². The lowest BCUT2D eigenvalue weighted by atomic mass is 9.81. The molecule has 1 heteroatoms. The second-order valence-electron chi connectivity index (χ2n) is 4.50. The maximum atomic E-state index is 4.05. The zero-order valence-corrected chi connectivity index (χ0v) is 10.8. The average molecular weight is 204 g/mol. The molecule has 0 aliphatic carbocycles. The summed E-state index contributed by atoms with van der Waals surface area (Å²) in [6.45, 7) is 14.5. The topological polar surface area (TPSA) is 0 Å². The summed E-state index contributed by atoms with van der Waals surface area (Å²) in [5, 5.41) is 0. The molecule has 0 saturated carbocycles. The van der Waals surface area contributed by atoms with Crippen molar-refractivity contribution in [3.8, 4) is 0 Å². The van der Waals surface area contributed by atoms with Gasteiger partial charge in [-0.3, -0.25) is 0 Å². The number of allylic oxidation sites excluding steroid dienone is 4. The van der Waals surface area contributed by atoms with Crippen molar-refractivity contribution in [1.29, 1.82) is 0 Å². The van der Waals surface area contributed by atoms with Gasteiger partial charge in [-0.25, -0.2) is 0 Å². The Labute approximate surface area is 96.6 Å². The van der Waals surface area contributed by atoms with Crippen LogP contribution in [0.25, 0.3) is 0 Å². The lowest BCUT2D eigenvalue weighted by Gasteiger charge is -2.23. The van der Waals surface area contributed by atoms with E-state index < -0.39 is 0 Å². The molecular formula is C14H25B. The predicted molar refractivity (Wildman–Crippen MR) is 74.0 cm³/mol. The summed E-state index contributed by atoms with van der Waals surface area (Å²) in [6.07, 6.45) is 7.81. The lowest BCUT2D eigenvalue weighted by Crippen LogP contribution is -2.11. The molecule has 0 heterocycles. The van der Waals surface area contributed by atoms with Gasteiger partial charge in [-0.15, -0.1) is 0 Å². The quantitative estimate of drug-likeness (QED) is 0.336. The highest BCUT2D eigenvalue weighted by Crippen LogP contribution is 2.28. The predicted octanol–water partition coefficient (Wildman–Crippen LogP) is 3.78. The minimum atomic E-state index is 0.563. The fourth-order valence-corrected chi connectivity index (χ4v) is 1.74. The first-order valence-electron chi connectivity index (χ1n) is 6.01. The van der Waals surface area contributed by atoms with E-state index in [0.29, 0.717) is 11.8 Å². The third kappa shape index (κ3) is 5.06. The fourth-order valence-electron chi connectivity index (χ4n) is 1.74. The molecule has 0 fully saturated rings. The Morgan fingerprint density at radius 1 is 1.33 bits per heavy atom. The molecule has 0 amide bonds. The van der Waals surface area contributed by atoms with Gasteiger partial charge in [0.15, 0.2) is 0 Å². The van der Waals surface area contributed by atoms with Crippen molar-refractivity contribution in [2.75, 3.05) is 0 Å². The van der Waals surface area contributed by atoms with Crippen molar-refractivity contribution in [1.82, 2.24) is 0 Å². The molecule has 0 radical (unpaired) electrons. The van der Waals surface area contributed by atoms with Crippen LogP contribution >= 0.6 is 0 Å². The van der Waals surface area contributed by atoms with Crippen molar-refractivity contribution >= 4 is 7.85 Å². The fraction of sp³-hybridized carbons (Fsp3) is 0.571. The highest BCUT2D eigenvalue weighted by molar-refractivity contribution is 6.08. The Kier molecular flexibility index (Phi) is 7.20. The summed E-state index contributed by atoms with van der Waals surface area (Å²) >= 11 is 0. The Balaban J connectivity index is 4.54. The van der Waals surface area contributed by atoms with E-state index in [4.69, 9.17) is 0 Å². The molecule has 0 aromatic rings. The maximum Gasteiger partial charge on any atom is 0.101 e. The number of rotatable bonds is 7. The van der Waals surface area contributed by atoms with Gasteiger partial charge in [0, 0.05) is 0 Å². The van der Waals surface area contributed by atoms with E-state index in [1.807, 2.05) is 6.08 Å². The van der Waals surface area contributed by atoms with E-state index >= 15 is 0 Å². The highest BCUT2D eigenvalue weighted by atomic mass is 14.2. The van der Waals surface area contributed by atoms with Crippen LogP contribution in [0.3, 0.4) is 0 Å².